The lowest BCUT2D eigenvalue weighted by atomic mass is 10.00. The van der Waals surface area contributed by atoms with E-state index in [1.54, 1.807) is 13.3 Å². The van der Waals surface area contributed by atoms with Gasteiger partial charge in [0.25, 0.3) is 5.91 Å². The van der Waals surface area contributed by atoms with Crippen molar-refractivity contribution in [2.45, 2.75) is 31.7 Å². The number of carbonyl (C=O) groups is 1. The zero-order valence-corrected chi connectivity index (χ0v) is 15.8. The highest BCUT2D eigenvalue weighted by Gasteiger charge is 2.27. The Morgan fingerprint density at radius 2 is 1.88 bits per heavy atom. The van der Waals surface area contributed by atoms with E-state index in [4.69, 9.17) is 4.74 Å². The van der Waals surface area contributed by atoms with Gasteiger partial charge in [-0.1, -0.05) is 25.0 Å². The highest BCUT2D eigenvalue weighted by molar-refractivity contribution is 5.94. The molecule has 138 valence electrons. The largest absolute Gasteiger partial charge is 0.497 e. The predicted octanol–water partition coefficient (Wildman–Crippen LogP) is 3.91. The summed E-state index contributed by atoms with van der Waals surface area (Å²) in [6, 6.07) is 12.0. The Labute approximate surface area is 155 Å². The van der Waals surface area contributed by atoms with E-state index in [1.807, 2.05) is 48.2 Å². The maximum absolute atomic E-state index is 13.2. The van der Waals surface area contributed by atoms with Crippen molar-refractivity contribution in [2.75, 3.05) is 32.6 Å². The molecule has 0 unspecified atom stereocenters. The van der Waals surface area contributed by atoms with E-state index in [2.05, 4.69) is 17.1 Å². The van der Waals surface area contributed by atoms with Gasteiger partial charge in [0.2, 0.25) is 0 Å². The first-order chi connectivity index (χ1) is 12.6. The van der Waals surface area contributed by atoms with E-state index in [0.29, 0.717) is 5.56 Å². The lowest BCUT2D eigenvalue weighted by Crippen LogP contribution is -2.35. The summed E-state index contributed by atoms with van der Waals surface area (Å²) in [6.07, 6.45) is 6.02. The first-order valence-electron chi connectivity index (χ1n) is 9.18. The van der Waals surface area contributed by atoms with E-state index < -0.39 is 0 Å². The minimum absolute atomic E-state index is 0.0607. The number of amides is 1. The molecule has 1 aliphatic rings. The van der Waals surface area contributed by atoms with Crippen molar-refractivity contribution in [2.24, 2.45) is 0 Å². The third-order valence-corrected chi connectivity index (χ3v) is 4.97. The van der Waals surface area contributed by atoms with Gasteiger partial charge in [-0.3, -0.25) is 4.79 Å². The second kappa shape index (κ2) is 8.21. The van der Waals surface area contributed by atoms with Crippen LogP contribution in [0.4, 0.5) is 5.82 Å². The fourth-order valence-corrected chi connectivity index (χ4v) is 3.47. The molecule has 0 radical (unpaired) electrons. The van der Waals surface area contributed by atoms with Crippen molar-refractivity contribution < 1.29 is 9.53 Å². The fourth-order valence-electron chi connectivity index (χ4n) is 3.47. The number of aromatic nitrogens is 1. The molecular formula is C21H27N3O2. The van der Waals surface area contributed by atoms with E-state index in [1.165, 1.54) is 5.56 Å². The van der Waals surface area contributed by atoms with Crippen LogP contribution in [0.3, 0.4) is 0 Å². The molecule has 1 aromatic carbocycles. The van der Waals surface area contributed by atoms with Crippen LogP contribution in [-0.4, -0.2) is 43.5 Å². The molecule has 1 atom stereocenters. The van der Waals surface area contributed by atoms with E-state index in [0.717, 1.165) is 43.8 Å². The summed E-state index contributed by atoms with van der Waals surface area (Å²) in [6.45, 7) is 0.783. The number of hydrogen-bond acceptors (Lipinski definition) is 4. The Bertz CT molecular complexity index is 726. The standard InChI is InChI=1S/C21H27N3O2/c1-23(2)20-13-10-17(15-22-20)21(25)24-14-6-4-5-7-19(24)16-8-11-18(26-3)12-9-16/h8-13,15,19H,4-7,14H2,1-3H3/t19-/m1/s1. The van der Waals surface area contributed by atoms with E-state index in [9.17, 15) is 4.79 Å². The van der Waals surface area contributed by atoms with Crippen LogP contribution in [0.15, 0.2) is 42.6 Å². The van der Waals surface area contributed by atoms with Crippen LogP contribution in [0.1, 0.15) is 47.6 Å². The zero-order valence-electron chi connectivity index (χ0n) is 15.8. The summed E-state index contributed by atoms with van der Waals surface area (Å²) in [7, 11) is 5.55. The molecule has 1 saturated heterocycles. The van der Waals surface area contributed by atoms with Crippen molar-refractivity contribution in [3.63, 3.8) is 0 Å². The summed E-state index contributed by atoms with van der Waals surface area (Å²) >= 11 is 0. The number of likely N-dealkylation sites (tertiary alicyclic amines) is 1. The average Bonchev–Trinajstić information content (AvgIpc) is 2.93. The first kappa shape index (κ1) is 18.2. The molecule has 26 heavy (non-hydrogen) atoms. The van der Waals surface area contributed by atoms with Crippen LogP contribution in [-0.2, 0) is 0 Å². The Morgan fingerprint density at radius 1 is 1.12 bits per heavy atom. The molecular weight excluding hydrogens is 326 g/mol. The first-order valence-corrected chi connectivity index (χ1v) is 9.18. The number of rotatable bonds is 4. The number of ether oxygens (including phenoxy) is 1. The third-order valence-electron chi connectivity index (χ3n) is 4.97. The SMILES string of the molecule is COc1ccc([C@H]2CCCCCN2C(=O)c2ccc(N(C)C)nc2)cc1. The van der Waals surface area contributed by atoms with Gasteiger partial charge in [0.15, 0.2) is 0 Å². The molecule has 3 rings (SSSR count). The number of hydrogen-bond donors (Lipinski definition) is 0. The molecule has 5 heteroatoms. The van der Waals surface area contributed by atoms with Crippen LogP contribution in [0.2, 0.25) is 0 Å². The number of anilines is 1. The molecule has 0 spiro atoms. The second-order valence-corrected chi connectivity index (χ2v) is 6.94. The van der Waals surface area contributed by atoms with Crippen LogP contribution in [0.25, 0.3) is 0 Å². The number of nitrogens with zero attached hydrogens (tertiary/aromatic N) is 3. The lowest BCUT2D eigenvalue weighted by Gasteiger charge is -2.30. The normalized spacial score (nSPS) is 17.5. The molecule has 2 heterocycles. The molecule has 0 saturated carbocycles. The van der Waals surface area contributed by atoms with Gasteiger partial charge in [-0.25, -0.2) is 4.98 Å². The van der Waals surface area contributed by atoms with Gasteiger partial charge < -0.3 is 14.5 Å². The smallest absolute Gasteiger partial charge is 0.255 e. The minimum Gasteiger partial charge on any atom is -0.497 e. The van der Waals surface area contributed by atoms with Crippen molar-refractivity contribution in [3.8, 4) is 5.75 Å². The summed E-state index contributed by atoms with van der Waals surface area (Å²) < 4.78 is 5.26. The van der Waals surface area contributed by atoms with Crippen molar-refractivity contribution in [1.29, 1.82) is 0 Å². The monoisotopic (exact) mass is 353 g/mol. The van der Waals surface area contributed by atoms with E-state index >= 15 is 0 Å². The molecule has 1 fully saturated rings. The summed E-state index contributed by atoms with van der Waals surface area (Å²) in [5, 5.41) is 0. The maximum atomic E-state index is 13.2. The van der Waals surface area contributed by atoms with Gasteiger partial charge in [-0.2, -0.15) is 0 Å². The number of benzene rings is 1. The minimum atomic E-state index is 0.0607. The van der Waals surface area contributed by atoms with Crippen LogP contribution in [0.5, 0.6) is 5.75 Å². The molecule has 2 aromatic rings. The lowest BCUT2D eigenvalue weighted by molar-refractivity contribution is 0.0680. The molecule has 1 amide bonds. The molecule has 0 bridgehead atoms. The van der Waals surface area contributed by atoms with Gasteiger partial charge in [0.1, 0.15) is 11.6 Å². The predicted molar refractivity (Wildman–Crippen MR) is 104 cm³/mol. The Hall–Kier alpha value is -2.56. The number of methoxy groups -OCH3 is 1. The second-order valence-electron chi connectivity index (χ2n) is 6.94. The average molecular weight is 353 g/mol. The molecule has 0 N–H and O–H groups in total. The van der Waals surface area contributed by atoms with Crippen molar-refractivity contribution >= 4 is 11.7 Å². The third kappa shape index (κ3) is 3.98. The number of pyridine rings is 1. The van der Waals surface area contributed by atoms with Crippen LogP contribution in [0, 0.1) is 0 Å². The van der Waals surface area contributed by atoms with Gasteiger partial charge in [0.05, 0.1) is 18.7 Å². The maximum Gasteiger partial charge on any atom is 0.255 e. The number of carbonyl (C=O) groups excluding carboxylic acids is 1. The summed E-state index contributed by atoms with van der Waals surface area (Å²) in [5.74, 6) is 1.75. The van der Waals surface area contributed by atoms with Gasteiger partial charge in [-0.05, 0) is 42.7 Å². The molecule has 1 aliphatic heterocycles. The van der Waals surface area contributed by atoms with Gasteiger partial charge in [0, 0.05) is 26.8 Å². The van der Waals surface area contributed by atoms with Gasteiger partial charge >= 0.3 is 0 Å². The molecule has 1 aromatic heterocycles. The van der Waals surface area contributed by atoms with Gasteiger partial charge in [-0.15, -0.1) is 0 Å². The Balaban J connectivity index is 1.86. The Kier molecular flexibility index (Phi) is 5.76. The highest BCUT2D eigenvalue weighted by Crippen LogP contribution is 2.32. The van der Waals surface area contributed by atoms with Crippen LogP contribution >= 0.6 is 0 Å². The molecule has 0 aliphatic carbocycles. The quantitative estimate of drug-likeness (QED) is 0.836. The summed E-state index contributed by atoms with van der Waals surface area (Å²) in [5.41, 5.74) is 1.81. The van der Waals surface area contributed by atoms with Crippen molar-refractivity contribution in [3.05, 3.63) is 53.7 Å². The summed E-state index contributed by atoms with van der Waals surface area (Å²) in [4.78, 5) is 21.5. The van der Waals surface area contributed by atoms with Crippen molar-refractivity contribution in [1.82, 2.24) is 9.88 Å². The topological polar surface area (TPSA) is 45.7 Å². The highest BCUT2D eigenvalue weighted by atomic mass is 16.5. The molecule has 5 nitrogen and oxygen atoms in total. The fraction of sp³-hybridized carbons (Fsp3) is 0.429. The zero-order chi connectivity index (χ0) is 18.5. The van der Waals surface area contributed by atoms with E-state index in [-0.39, 0.29) is 11.9 Å². The Morgan fingerprint density at radius 3 is 2.50 bits per heavy atom. The van der Waals surface area contributed by atoms with Crippen LogP contribution < -0.4 is 9.64 Å².